The van der Waals surface area contributed by atoms with Gasteiger partial charge < -0.3 is 23.6 Å². The van der Waals surface area contributed by atoms with Crippen LogP contribution in [0.1, 0.15) is 59.7 Å². The summed E-state index contributed by atoms with van der Waals surface area (Å²) in [7, 11) is 0. The predicted molar refractivity (Wildman–Crippen MR) is 197 cm³/mol. The number of anilines is 2. The molecule has 49 heavy (non-hydrogen) atoms. The van der Waals surface area contributed by atoms with E-state index in [-0.39, 0.29) is 0 Å². The summed E-state index contributed by atoms with van der Waals surface area (Å²) in [4.78, 5) is 10.8. The van der Waals surface area contributed by atoms with E-state index in [1.165, 1.54) is 41.8 Å². The molecule has 0 amide bonds. The molecule has 0 saturated carbocycles. The van der Waals surface area contributed by atoms with Crippen molar-refractivity contribution in [2.45, 2.75) is 78.3 Å². The molecule has 2 aliphatic rings. The normalized spacial score (nSPS) is 19.2. The average Bonchev–Trinajstić information content (AvgIpc) is 3.73. The monoisotopic (exact) mass is 668 g/mol. The number of aromatic nitrogens is 2. The van der Waals surface area contributed by atoms with Gasteiger partial charge in [-0.2, -0.15) is 0 Å². The summed E-state index contributed by atoms with van der Waals surface area (Å²) in [5, 5.41) is 8.31. The van der Waals surface area contributed by atoms with E-state index < -0.39 is 0 Å². The van der Waals surface area contributed by atoms with Crippen molar-refractivity contribution in [3.63, 3.8) is 0 Å². The molecular formula is C40H56N6O3. The van der Waals surface area contributed by atoms with Gasteiger partial charge in [-0.15, -0.1) is 0 Å². The molecule has 9 nitrogen and oxygen atoms in total. The Labute approximate surface area is 293 Å². The van der Waals surface area contributed by atoms with Crippen LogP contribution in [0.3, 0.4) is 0 Å². The first-order valence-electron chi connectivity index (χ1n) is 18.4. The fraction of sp³-hybridized carbons (Fsp3) is 0.550. The summed E-state index contributed by atoms with van der Waals surface area (Å²) < 4.78 is 16.7. The molecule has 4 aromatic rings. The highest BCUT2D eigenvalue weighted by Gasteiger charge is 2.39. The zero-order valence-corrected chi connectivity index (χ0v) is 30.1. The lowest BCUT2D eigenvalue weighted by Crippen LogP contribution is -2.67. The van der Waals surface area contributed by atoms with Crippen LogP contribution in [-0.4, -0.2) is 97.8 Å². The van der Waals surface area contributed by atoms with Crippen molar-refractivity contribution in [2.24, 2.45) is 0 Å². The van der Waals surface area contributed by atoms with Crippen LogP contribution in [0.4, 0.5) is 11.4 Å². The maximum Gasteiger partial charge on any atom is 0.133 e. The lowest BCUT2D eigenvalue weighted by Gasteiger charge is -2.52. The van der Waals surface area contributed by atoms with Gasteiger partial charge in [0.2, 0.25) is 0 Å². The molecule has 2 aromatic heterocycles. The van der Waals surface area contributed by atoms with Crippen molar-refractivity contribution < 1.29 is 13.8 Å². The molecule has 4 heterocycles. The van der Waals surface area contributed by atoms with E-state index in [2.05, 4.69) is 98.4 Å². The van der Waals surface area contributed by atoms with Gasteiger partial charge in [-0.3, -0.25) is 9.80 Å². The topological polar surface area (TPSA) is 74.3 Å². The number of aryl methyl sites for hydroxylation is 5. The third-order valence-electron chi connectivity index (χ3n) is 10.3. The molecule has 0 N–H and O–H groups in total. The zero-order valence-electron chi connectivity index (χ0n) is 30.1. The van der Waals surface area contributed by atoms with Gasteiger partial charge >= 0.3 is 0 Å². The maximum atomic E-state index is 6.20. The number of rotatable bonds is 16. The molecule has 2 unspecified atom stereocenters. The molecule has 9 heteroatoms. The number of nitrogens with zero attached hydrogens (tertiary/aromatic N) is 6. The van der Waals surface area contributed by atoms with Crippen molar-refractivity contribution in [2.75, 3.05) is 75.4 Å². The van der Waals surface area contributed by atoms with Gasteiger partial charge in [0.1, 0.15) is 11.5 Å². The van der Waals surface area contributed by atoms with E-state index in [9.17, 15) is 0 Å². The Morgan fingerprint density at radius 1 is 0.592 bits per heavy atom. The molecule has 6 rings (SSSR count). The van der Waals surface area contributed by atoms with Gasteiger partial charge in [-0.25, -0.2) is 0 Å². The fourth-order valence-electron chi connectivity index (χ4n) is 7.47. The van der Waals surface area contributed by atoms with Crippen LogP contribution in [0, 0.1) is 27.7 Å². The minimum absolute atomic E-state index is 0.389. The van der Waals surface area contributed by atoms with Crippen LogP contribution in [0.25, 0.3) is 0 Å². The molecule has 2 saturated heterocycles. The van der Waals surface area contributed by atoms with E-state index in [0.29, 0.717) is 18.7 Å². The van der Waals surface area contributed by atoms with Crippen molar-refractivity contribution in [1.29, 1.82) is 0 Å². The number of unbranched alkanes of at least 4 members (excludes halogenated alkanes) is 3. The Balaban J connectivity index is 1.13. The van der Waals surface area contributed by atoms with E-state index in [1.807, 2.05) is 19.9 Å². The van der Waals surface area contributed by atoms with Crippen LogP contribution in [0.15, 0.2) is 69.7 Å². The SMILES string of the molecule is Cc1ccc(N2CCN(CCCCCCc3cc(C)on3)C(C3CN(c4ccc(C)cc4)CCN3CCOCCc3cc(C)on3)C2)cc1. The number of hydrogen-bond donors (Lipinski definition) is 0. The van der Waals surface area contributed by atoms with Gasteiger partial charge in [0, 0.05) is 87.8 Å². The zero-order chi connectivity index (χ0) is 34.0. The second kappa shape index (κ2) is 17.3. The Morgan fingerprint density at radius 2 is 1.10 bits per heavy atom. The summed E-state index contributed by atoms with van der Waals surface area (Å²) in [5.74, 6) is 1.75. The molecule has 0 radical (unpaired) electrons. The number of benzene rings is 2. The quantitative estimate of drug-likeness (QED) is 0.122. The second-order valence-corrected chi connectivity index (χ2v) is 14.2. The van der Waals surface area contributed by atoms with Crippen LogP contribution < -0.4 is 9.80 Å². The summed E-state index contributed by atoms with van der Waals surface area (Å²) in [6, 6.07) is 23.1. The van der Waals surface area contributed by atoms with E-state index in [1.54, 1.807) is 0 Å². The molecule has 0 bridgehead atoms. The Morgan fingerprint density at radius 3 is 1.63 bits per heavy atom. The maximum absolute atomic E-state index is 6.20. The van der Waals surface area contributed by atoms with Crippen LogP contribution in [-0.2, 0) is 17.6 Å². The lowest BCUT2D eigenvalue weighted by atomic mass is 9.97. The van der Waals surface area contributed by atoms with Crippen molar-refractivity contribution in [3.05, 3.63) is 94.7 Å². The average molecular weight is 669 g/mol. The van der Waals surface area contributed by atoms with Gasteiger partial charge in [0.05, 0.1) is 24.6 Å². The van der Waals surface area contributed by atoms with Gasteiger partial charge in [-0.05, 0) is 77.8 Å². The molecule has 264 valence electrons. The Bertz CT molecular complexity index is 1550. The molecule has 2 aliphatic heterocycles. The minimum Gasteiger partial charge on any atom is -0.380 e. The minimum atomic E-state index is 0.389. The summed E-state index contributed by atoms with van der Waals surface area (Å²) in [5.41, 5.74) is 7.32. The first kappa shape index (κ1) is 35.2. The highest BCUT2D eigenvalue weighted by atomic mass is 16.5. The van der Waals surface area contributed by atoms with E-state index in [0.717, 1.165) is 101 Å². The number of piperazine rings is 2. The molecule has 0 spiro atoms. The lowest BCUT2D eigenvalue weighted by molar-refractivity contribution is 0.0347. The Kier molecular flexibility index (Phi) is 12.4. The summed E-state index contributed by atoms with van der Waals surface area (Å²) in [6.07, 6.45) is 6.63. The molecule has 2 aromatic carbocycles. The highest BCUT2D eigenvalue weighted by Crippen LogP contribution is 2.28. The van der Waals surface area contributed by atoms with Gasteiger partial charge in [-0.1, -0.05) is 58.5 Å². The van der Waals surface area contributed by atoms with E-state index >= 15 is 0 Å². The standard InChI is InChI=1S/C40H56N6O3/c1-31-10-14-37(15-11-31)45-22-20-43(19-8-6-5-7-9-35-27-33(3)48-41-35)39(29-45)40-30-46(38-16-12-32(2)13-17-38)23-21-44(40)24-26-47-25-18-36-28-34(4)49-42-36/h10-17,27-28,39-40H,5-9,18-26,29-30H2,1-4H3. The first-order valence-corrected chi connectivity index (χ1v) is 18.4. The third kappa shape index (κ3) is 9.96. The van der Waals surface area contributed by atoms with Crippen molar-refractivity contribution >= 4 is 11.4 Å². The third-order valence-corrected chi connectivity index (χ3v) is 10.3. The van der Waals surface area contributed by atoms with Crippen LogP contribution >= 0.6 is 0 Å². The van der Waals surface area contributed by atoms with Crippen molar-refractivity contribution in [1.82, 2.24) is 20.1 Å². The Hall–Kier alpha value is -3.66. The van der Waals surface area contributed by atoms with Gasteiger partial charge in [0.25, 0.3) is 0 Å². The molecule has 0 aliphatic carbocycles. The smallest absolute Gasteiger partial charge is 0.133 e. The number of ether oxygens (including phenoxy) is 1. The first-order chi connectivity index (χ1) is 23.9. The van der Waals surface area contributed by atoms with Crippen LogP contribution in [0.2, 0.25) is 0 Å². The number of hydrogen-bond acceptors (Lipinski definition) is 9. The second-order valence-electron chi connectivity index (χ2n) is 14.2. The summed E-state index contributed by atoms with van der Waals surface area (Å²) in [6.45, 7) is 17.9. The van der Waals surface area contributed by atoms with Gasteiger partial charge in [0.15, 0.2) is 0 Å². The molecule has 2 fully saturated rings. The molecule has 2 atom stereocenters. The fourth-order valence-corrected chi connectivity index (χ4v) is 7.47. The predicted octanol–water partition coefficient (Wildman–Crippen LogP) is 6.64. The highest BCUT2D eigenvalue weighted by molar-refractivity contribution is 5.50. The van der Waals surface area contributed by atoms with E-state index in [4.69, 9.17) is 13.8 Å². The largest absolute Gasteiger partial charge is 0.380 e. The summed E-state index contributed by atoms with van der Waals surface area (Å²) >= 11 is 0. The van der Waals surface area contributed by atoms with Crippen LogP contribution in [0.5, 0.6) is 0 Å². The van der Waals surface area contributed by atoms with Crippen molar-refractivity contribution in [3.8, 4) is 0 Å². The molecular weight excluding hydrogens is 612 g/mol.